The van der Waals surface area contributed by atoms with Crippen LogP contribution in [0, 0.1) is 18.6 Å². The Hall–Kier alpha value is -2.24. The number of rotatable bonds is 5. The van der Waals surface area contributed by atoms with Crippen molar-refractivity contribution in [2.24, 2.45) is 0 Å². The average Bonchev–Trinajstić information content (AvgIpc) is 3.01. The predicted octanol–water partition coefficient (Wildman–Crippen LogP) is 5.36. The zero-order valence-electron chi connectivity index (χ0n) is 14.1. The molecule has 3 N–H and O–H groups in total. The van der Waals surface area contributed by atoms with E-state index in [2.05, 4.69) is 23.7 Å². The highest BCUT2D eigenvalue weighted by atomic mass is 32.1. The van der Waals surface area contributed by atoms with Crippen LogP contribution in [0.15, 0.2) is 53.9 Å². The highest BCUT2D eigenvalue weighted by molar-refractivity contribution is 7.10. The summed E-state index contributed by atoms with van der Waals surface area (Å²) in [6, 6.07) is 13.6. The van der Waals surface area contributed by atoms with Crippen molar-refractivity contribution in [3.8, 4) is 0 Å². The zero-order valence-corrected chi connectivity index (χ0v) is 14.9. The maximum atomic E-state index is 13.6. The molecule has 2 nitrogen and oxygen atoms in total. The maximum Gasteiger partial charge on any atom is 0.159 e. The number of hydrogen-bond acceptors (Lipinski definition) is 3. The van der Waals surface area contributed by atoms with Crippen LogP contribution in [0.3, 0.4) is 0 Å². The smallest absolute Gasteiger partial charge is 0.159 e. The van der Waals surface area contributed by atoms with Crippen LogP contribution in [-0.4, -0.2) is 0 Å². The van der Waals surface area contributed by atoms with Gasteiger partial charge in [-0.15, -0.1) is 11.3 Å². The van der Waals surface area contributed by atoms with E-state index in [-0.39, 0.29) is 12.1 Å². The Morgan fingerprint density at radius 1 is 1.00 bits per heavy atom. The quantitative estimate of drug-likeness (QED) is 0.603. The van der Waals surface area contributed by atoms with E-state index in [0.29, 0.717) is 11.3 Å². The number of nitrogens with one attached hydrogen (secondary N) is 1. The van der Waals surface area contributed by atoms with Crippen LogP contribution < -0.4 is 11.1 Å². The molecule has 0 saturated heterocycles. The molecule has 0 saturated carbocycles. The van der Waals surface area contributed by atoms with Crippen LogP contribution in [0.25, 0.3) is 0 Å². The summed E-state index contributed by atoms with van der Waals surface area (Å²) in [7, 11) is 0. The van der Waals surface area contributed by atoms with E-state index >= 15 is 0 Å². The lowest BCUT2D eigenvalue weighted by molar-refractivity contribution is 0.492. The summed E-state index contributed by atoms with van der Waals surface area (Å²) in [5, 5.41) is 5.61. The van der Waals surface area contributed by atoms with E-state index in [1.807, 2.05) is 31.2 Å². The van der Waals surface area contributed by atoms with Gasteiger partial charge < -0.3 is 5.73 Å². The lowest BCUT2D eigenvalue weighted by atomic mass is 10.0. The summed E-state index contributed by atoms with van der Waals surface area (Å²) in [5.41, 5.74) is 9.56. The standard InChI is InChI=1S/C20H20F2N2S/c1-12-8-19(25-11-12)20(15-4-3-5-16(23)9-15)24-13(2)14-6-7-17(21)18(22)10-14/h3-11,13,20,24H,23H2,1-2H3. The first-order valence-corrected chi connectivity index (χ1v) is 8.93. The number of hydrogen-bond donors (Lipinski definition) is 2. The molecule has 3 aromatic rings. The van der Waals surface area contributed by atoms with E-state index in [1.54, 1.807) is 17.4 Å². The molecule has 0 fully saturated rings. The minimum atomic E-state index is -0.836. The van der Waals surface area contributed by atoms with E-state index in [9.17, 15) is 8.78 Å². The summed E-state index contributed by atoms with van der Waals surface area (Å²) < 4.78 is 26.8. The largest absolute Gasteiger partial charge is 0.399 e. The molecule has 1 aromatic heterocycles. The number of benzene rings is 2. The van der Waals surface area contributed by atoms with E-state index in [1.165, 1.54) is 11.6 Å². The van der Waals surface area contributed by atoms with Crippen molar-refractivity contribution in [1.29, 1.82) is 0 Å². The first-order valence-electron chi connectivity index (χ1n) is 8.05. The highest BCUT2D eigenvalue weighted by Gasteiger charge is 2.20. The average molecular weight is 358 g/mol. The van der Waals surface area contributed by atoms with Gasteiger partial charge in [-0.25, -0.2) is 8.78 Å². The van der Waals surface area contributed by atoms with E-state index < -0.39 is 11.6 Å². The van der Waals surface area contributed by atoms with Gasteiger partial charge in [0, 0.05) is 16.6 Å². The molecule has 0 aliphatic heterocycles. The van der Waals surface area contributed by atoms with Crippen LogP contribution in [-0.2, 0) is 0 Å². The Kier molecular flexibility index (Phi) is 5.16. The lowest BCUT2D eigenvalue weighted by Crippen LogP contribution is -2.25. The number of nitrogen functional groups attached to an aromatic ring is 1. The molecule has 1 heterocycles. The predicted molar refractivity (Wildman–Crippen MR) is 99.7 cm³/mol. The molecule has 0 spiro atoms. The molecular weight excluding hydrogens is 338 g/mol. The summed E-state index contributed by atoms with van der Waals surface area (Å²) in [5.74, 6) is -1.67. The summed E-state index contributed by atoms with van der Waals surface area (Å²) >= 11 is 1.66. The van der Waals surface area contributed by atoms with Crippen molar-refractivity contribution in [2.75, 3.05) is 5.73 Å². The first-order chi connectivity index (χ1) is 11.9. The molecule has 5 heteroatoms. The number of nitrogens with two attached hydrogens (primary N) is 1. The summed E-state index contributed by atoms with van der Waals surface area (Å²) in [4.78, 5) is 1.15. The molecule has 0 aliphatic rings. The van der Waals surface area contributed by atoms with Gasteiger partial charge >= 0.3 is 0 Å². The molecule has 25 heavy (non-hydrogen) atoms. The third-order valence-electron chi connectivity index (χ3n) is 4.14. The molecular formula is C20H20F2N2S. The van der Waals surface area contributed by atoms with Gasteiger partial charge in [0.1, 0.15) is 0 Å². The lowest BCUT2D eigenvalue weighted by Gasteiger charge is -2.24. The normalized spacial score (nSPS) is 13.6. The Labute approximate surface area is 150 Å². The minimum absolute atomic E-state index is 0.0784. The third kappa shape index (κ3) is 4.06. The second-order valence-corrected chi connectivity index (χ2v) is 7.13. The van der Waals surface area contributed by atoms with Crippen molar-refractivity contribution in [3.05, 3.63) is 87.1 Å². The molecule has 3 rings (SSSR count). The third-order valence-corrected chi connectivity index (χ3v) is 5.26. The van der Waals surface area contributed by atoms with Crippen LogP contribution in [0.5, 0.6) is 0 Å². The topological polar surface area (TPSA) is 38.0 Å². The fourth-order valence-corrected chi connectivity index (χ4v) is 3.80. The SMILES string of the molecule is Cc1csc(C(NC(C)c2ccc(F)c(F)c2)c2cccc(N)c2)c1. The van der Waals surface area contributed by atoms with Gasteiger partial charge in [0.25, 0.3) is 0 Å². The van der Waals surface area contributed by atoms with Gasteiger partial charge in [0.2, 0.25) is 0 Å². The van der Waals surface area contributed by atoms with Crippen molar-refractivity contribution in [1.82, 2.24) is 5.32 Å². The summed E-state index contributed by atoms with van der Waals surface area (Å²) in [6.45, 7) is 3.99. The van der Waals surface area contributed by atoms with Crippen LogP contribution in [0.1, 0.15) is 40.6 Å². The van der Waals surface area contributed by atoms with Gasteiger partial charge in [0.05, 0.1) is 6.04 Å². The van der Waals surface area contributed by atoms with Crippen molar-refractivity contribution in [2.45, 2.75) is 25.9 Å². The molecule has 0 radical (unpaired) electrons. The molecule has 0 amide bonds. The number of anilines is 1. The van der Waals surface area contributed by atoms with Gasteiger partial charge in [-0.3, -0.25) is 5.32 Å². The number of halogens is 2. The van der Waals surface area contributed by atoms with Crippen molar-refractivity contribution in [3.63, 3.8) is 0 Å². The Balaban J connectivity index is 1.93. The Bertz CT molecular complexity index is 876. The monoisotopic (exact) mass is 358 g/mol. The summed E-state index contributed by atoms with van der Waals surface area (Å²) in [6.07, 6.45) is 0. The molecule has 2 atom stereocenters. The van der Waals surface area contributed by atoms with Crippen molar-refractivity contribution < 1.29 is 8.78 Å². The van der Waals surface area contributed by atoms with Crippen LogP contribution in [0.4, 0.5) is 14.5 Å². The Morgan fingerprint density at radius 2 is 1.80 bits per heavy atom. The van der Waals surface area contributed by atoms with E-state index in [4.69, 9.17) is 5.73 Å². The molecule has 0 bridgehead atoms. The van der Waals surface area contributed by atoms with Gasteiger partial charge in [-0.1, -0.05) is 18.2 Å². The first kappa shape index (κ1) is 17.6. The van der Waals surface area contributed by atoms with Gasteiger partial charge in [-0.2, -0.15) is 0 Å². The molecule has 0 aliphatic carbocycles. The fraction of sp³-hybridized carbons (Fsp3) is 0.200. The van der Waals surface area contributed by atoms with Gasteiger partial charge in [0.15, 0.2) is 11.6 Å². The van der Waals surface area contributed by atoms with Crippen molar-refractivity contribution >= 4 is 17.0 Å². The Morgan fingerprint density at radius 3 is 2.44 bits per heavy atom. The second kappa shape index (κ2) is 7.33. The molecule has 2 unspecified atom stereocenters. The number of thiophene rings is 1. The minimum Gasteiger partial charge on any atom is -0.399 e. The zero-order chi connectivity index (χ0) is 18.0. The fourth-order valence-electron chi connectivity index (χ4n) is 2.81. The van der Waals surface area contributed by atoms with E-state index in [0.717, 1.165) is 16.5 Å². The highest BCUT2D eigenvalue weighted by Crippen LogP contribution is 2.31. The van der Waals surface area contributed by atoms with Gasteiger partial charge in [-0.05, 0) is 66.2 Å². The second-order valence-electron chi connectivity index (χ2n) is 6.19. The van der Waals surface area contributed by atoms with Crippen LogP contribution >= 0.6 is 11.3 Å². The molecule has 2 aromatic carbocycles. The molecule has 130 valence electrons. The van der Waals surface area contributed by atoms with Crippen LogP contribution in [0.2, 0.25) is 0 Å². The number of aryl methyl sites for hydroxylation is 1. The maximum absolute atomic E-state index is 13.6.